The quantitative estimate of drug-likeness (QED) is 0.438. The second-order valence-electron chi connectivity index (χ2n) is 7.91. The zero-order valence-electron chi connectivity index (χ0n) is 14.5. The van der Waals surface area contributed by atoms with E-state index < -0.39 is 29.9 Å². The Hall–Kier alpha value is -0.950. The molecule has 134 valence electrons. The van der Waals surface area contributed by atoms with Crippen molar-refractivity contribution in [3.63, 3.8) is 0 Å². The molecule has 0 aromatic carbocycles. The van der Waals surface area contributed by atoms with Gasteiger partial charge in [0, 0.05) is 24.3 Å². The molecule has 5 fully saturated rings. The van der Waals surface area contributed by atoms with Crippen LogP contribution in [-0.2, 0) is 28.8 Å². The molecule has 0 radical (unpaired) electrons. The number of hydrogen-bond donors (Lipinski definition) is 0. The molecular formula is C18H26O6. The molecule has 0 aromatic heterocycles. The van der Waals surface area contributed by atoms with Gasteiger partial charge in [-0.15, -0.1) is 0 Å². The highest BCUT2D eigenvalue weighted by molar-refractivity contribution is 5.81. The number of carbonyl (C=O) groups excluding carboxylic acids is 1. The van der Waals surface area contributed by atoms with Crippen molar-refractivity contribution in [2.45, 2.75) is 70.4 Å². The summed E-state index contributed by atoms with van der Waals surface area (Å²) in [7, 11) is 0. The molecule has 6 nitrogen and oxygen atoms in total. The summed E-state index contributed by atoms with van der Waals surface area (Å²) in [5.74, 6) is -0.322. The van der Waals surface area contributed by atoms with Crippen LogP contribution in [0.2, 0.25) is 0 Å². The molecule has 24 heavy (non-hydrogen) atoms. The van der Waals surface area contributed by atoms with Crippen LogP contribution in [0.25, 0.3) is 0 Å². The van der Waals surface area contributed by atoms with Gasteiger partial charge in [0.25, 0.3) is 0 Å². The van der Waals surface area contributed by atoms with Crippen molar-refractivity contribution < 1.29 is 28.8 Å². The van der Waals surface area contributed by atoms with Gasteiger partial charge in [0.05, 0.1) is 0 Å². The van der Waals surface area contributed by atoms with Crippen molar-refractivity contribution in [3.05, 3.63) is 12.7 Å². The Morgan fingerprint density at radius 2 is 2.00 bits per heavy atom. The fourth-order valence-electron chi connectivity index (χ4n) is 5.17. The molecule has 0 aromatic rings. The Bertz CT molecular complexity index is 550. The standard InChI is InChI=1S/C18H26O6/c1-5-14(19)20-15-11(3)13-7-6-10(2)12-8-9-17(4)22-16(21-15)18(12,13)24-23-17/h5,10-13,15-16H,1,6-9H2,2-4H3/t10-,11-,12+,13+,15-,16-,17-,18-/m1/s1. The molecule has 0 N–H and O–H groups in total. The lowest BCUT2D eigenvalue weighted by molar-refractivity contribution is -0.576. The van der Waals surface area contributed by atoms with Gasteiger partial charge >= 0.3 is 5.97 Å². The van der Waals surface area contributed by atoms with Gasteiger partial charge in [-0.05, 0) is 38.0 Å². The Labute approximate surface area is 142 Å². The molecule has 5 aliphatic rings. The van der Waals surface area contributed by atoms with Gasteiger partial charge in [-0.2, -0.15) is 0 Å². The normalized spacial score (nSPS) is 53.0. The highest BCUT2D eigenvalue weighted by atomic mass is 17.3. The third-order valence-electron chi connectivity index (χ3n) is 6.50. The van der Waals surface area contributed by atoms with E-state index in [1.165, 1.54) is 0 Å². The first kappa shape index (κ1) is 16.5. The molecule has 8 atom stereocenters. The minimum atomic E-state index is -0.814. The van der Waals surface area contributed by atoms with Crippen molar-refractivity contribution in [1.29, 1.82) is 0 Å². The van der Waals surface area contributed by atoms with Crippen LogP contribution < -0.4 is 0 Å². The summed E-state index contributed by atoms with van der Waals surface area (Å²) in [4.78, 5) is 23.5. The summed E-state index contributed by atoms with van der Waals surface area (Å²) < 4.78 is 17.7. The molecule has 6 heteroatoms. The molecule has 4 heterocycles. The molecule has 5 rings (SSSR count). The number of fused-ring (bicyclic) bond motifs is 2. The smallest absolute Gasteiger partial charge is 0.332 e. The minimum Gasteiger partial charge on any atom is -0.432 e. The van der Waals surface area contributed by atoms with Gasteiger partial charge in [0.1, 0.15) is 0 Å². The van der Waals surface area contributed by atoms with E-state index in [4.69, 9.17) is 24.0 Å². The second kappa shape index (κ2) is 5.53. The highest BCUT2D eigenvalue weighted by Gasteiger charge is 2.69. The van der Waals surface area contributed by atoms with Gasteiger partial charge < -0.3 is 14.2 Å². The SMILES string of the molecule is C=CC(=O)O[C@@H]1O[C@@H]2O[C@@]3(C)CC[C@H]4[C@H](C)CC[C@@H]([C@H]1C)[C@@]24OO3. The van der Waals surface area contributed by atoms with Crippen molar-refractivity contribution in [3.8, 4) is 0 Å². The number of esters is 1. The van der Waals surface area contributed by atoms with Crippen LogP contribution in [0.15, 0.2) is 12.7 Å². The molecule has 1 saturated carbocycles. The molecule has 1 aliphatic carbocycles. The summed E-state index contributed by atoms with van der Waals surface area (Å²) in [6, 6.07) is 0. The summed E-state index contributed by atoms with van der Waals surface area (Å²) in [5, 5.41) is 0. The topological polar surface area (TPSA) is 63.2 Å². The average molecular weight is 338 g/mol. The molecule has 1 spiro atoms. The van der Waals surface area contributed by atoms with Crippen LogP contribution in [0.1, 0.15) is 46.5 Å². The third-order valence-corrected chi connectivity index (χ3v) is 6.50. The van der Waals surface area contributed by atoms with Gasteiger partial charge in [-0.1, -0.05) is 20.4 Å². The fraction of sp³-hybridized carbons (Fsp3) is 0.833. The summed E-state index contributed by atoms with van der Waals surface area (Å²) >= 11 is 0. The van der Waals surface area contributed by atoms with Gasteiger partial charge in [-0.25, -0.2) is 14.6 Å². The van der Waals surface area contributed by atoms with Crippen LogP contribution in [0.3, 0.4) is 0 Å². The molecule has 4 saturated heterocycles. The van der Waals surface area contributed by atoms with E-state index in [0.29, 0.717) is 11.8 Å². The molecule has 0 unspecified atom stereocenters. The van der Waals surface area contributed by atoms with Crippen molar-refractivity contribution >= 4 is 5.97 Å². The summed E-state index contributed by atoms with van der Waals surface area (Å²) in [5.41, 5.74) is -0.621. The van der Waals surface area contributed by atoms with Crippen LogP contribution in [0.4, 0.5) is 0 Å². The van der Waals surface area contributed by atoms with E-state index in [-0.39, 0.29) is 11.8 Å². The Kier molecular flexibility index (Phi) is 3.80. The number of rotatable bonds is 2. The molecule has 2 bridgehead atoms. The zero-order chi connectivity index (χ0) is 17.1. The molecular weight excluding hydrogens is 312 g/mol. The maximum Gasteiger partial charge on any atom is 0.332 e. The predicted octanol–water partition coefficient (Wildman–Crippen LogP) is 2.92. The molecule has 0 amide bonds. The van der Waals surface area contributed by atoms with E-state index in [1.54, 1.807) is 0 Å². The van der Waals surface area contributed by atoms with Crippen molar-refractivity contribution in [2.24, 2.45) is 23.7 Å². The van der Waals surface area contributed by atoms with E-state index in [0.717, 1.165) is 31.8 Å². The lowest BCUT2D eigenvalue weighted by Gasteiger charge is -2.59. The van der Waals surface area contributed by atoms with Gasteiger partial charge in [0.2, 0.25) is 12.1 Å². The monoisotopic (exact) mass is 338 g/mol. The number of ether oxygens (including phenoxy) is 3. The lowest BCUT2D eigenvalue weighted by Crippen LogP contribution is -2.70. The maximum atomic E-state index is 11.7. The van der Waals surface area contributed by atoms with Gasteiger partial charge in [-0.3, -0.25) is 0 Å². The van der Waals surface area contributed by atoms with Crippen LogP contribution in [0.5, 0.6) is 0 Å². The number of carbonyl (C=O) groups is 1. The van der Waals surface area contributed by atoms with Crippen LogP contribution in [-0.4, -0.2) is 29.9 Å². The number of hydrogen-bond acceptors (Lipinski definition) is 6. The summed E-state index contributed by atoms with van der Waals surface area (Å²) in [6.45, 7) is 9.66. The van der Waals surface area contributed by atoms with Crippen LogP contribution >= 0.6 is 0 Å². The van der Waals surface area contributed by atoms with E-state index in [9.17, 15) is 4.79 Å². The Morgan fingerprint density at radius 3 is 2.75 bits per heavy atom. The Morgan fingerprint density at radius 1 is 1.21 bits per heavy atom. The summed E-state index contributed by atoms with van der Waals surface area (Å²) in [6.07, 6.45) is 3.76. The predicted molar refractivity (Wildman–Crippen MR) is 83.1 cm³/mol. The lowest BCUT2D eigenvalue weighted by atomic mass is 9.58. The third kappa shape index (κ3) is 2.20. The largest absolute Gasteiger partial charge is 0.432 e. The zero-order valence-corrected chi connectivity index (χ0v) is 14.5. The van der Waals surface area contributed by atoms with Crippen molar-refractivity contribution in [1.82, 2.24) is 0 Å². The second-order valence-corrected chi connectivity index (χ2v) is 7.91. The minimum absolute atomic E-state index is 0.00481. The first-order chi connectivity index (χ1) is 11.4. The van der Waals surface area contributed by atoms with Crippen LogP contribution in [0, 0.1) is 23.7 Å². The van der Waals surface area contributed by atoms with E-state index >= 15 is 0 Å². The first-order valence-corrected chi connectivity index (χ1v) is 8.93. The Balaban J connectivity index is 1.72. The van der Waals surface area contributed by atoms with Gasteiger partial charge in [0.15, 0.2) is 11.9 Å². The average Bonchev–Trinajstić information content (AvgIpc) is 2.78. The first-order valence-electron chi connectivity index (χ1n) is 8.93. The van der Waals surface area contributed by atoms with E-state index in [1.807, 2.05) is 13.8 Å². The van der Waals surface area contributed by atoms with Crippen molar-refractivity contribution in [2.75, 3.05) is 0 Å². The highest BCUT2D eigenvalue weighted by Crippen LogP contribution is 2.60. The fourth-order valence-corrected chi connectivity index (χ4v) is 5.17. The maximum absolute atomic E-state index is 11.7. The van der Waals surface area contributed by atoms with E-state index in [2.05, 4.69) is 13.5 Å². The molecule has 4 aliphatic heterocycles.